The minimum Gasteiger partial charge on any atom is -0.464 e. The molecule has 6 heteroatoms. The van der Waals surface area contributed by atoms with Crippen LogP contribution in [0.5, 0.6) is 0 Å². The number of nitrogens with one attached hydrogen (secondary N) is 1. The minimum absolute atomic E-state index is 0.230. The molecule has 1 aliphatic rings. The predicted molar refractivity (Wildman–Crippen MR) is 50.8 cm³/mol. The highest BCUT2D eigenvalue weighted by atomic mass is 16.5. The number of hydrazine groups is 3. The second-order valence-corrected chi connectivity index (χ2v) is 2.90. The summed E-state index contributed by atoms with van der Waals surface area (Å²) in [6.07, 6.45) is 3.44. The van der Waals surface area contributed by atoms with Gasteiger partial charge >= 0.3 is 5.97 Å². The van der Waals surface area contributed by atoms with Gasteiger partial charge in [-0.15, -0.1) is 5.53 Å². The van der Waals surface area contributed by atoms with E-state index < -0.39 is 5.97 Å². The Kier molecular flexibility index (Phi) is 3.10. The molecule has 0 atom stereocenters. The van der Waals surface area contributed by atoms with Gasteiger partial charge in [-0.3, -0.25) is 5.01 Å². The van der Waals surface area contributed by atoms with E-state index in [0.717, 1.165) is 0 Å². The first-order chi connectivity index (χ1) is 6.56. The van der Waals surface area contributed by atoms with Gasteiger partial charge in [0.15, 0.2) is 0 Å². The topological polar surface area (TPSA) is 48.1 Å². The lowest BCUT2D eigenvalue weighted by Crippen LogP contribution is -2.46. The van der Waals surface area contributed by atoms with E-state index in [9.17, 15) is 4.79 Å². The first-order valence-corrected chi connectivity index (χ1v) is 4.04. The number of nitrogens with zero attached hydrogens (tertiary/aromatic N) is 3. The molecule has 0 aliphatic carbocycles. The molecule has 78 valence electrons. The van der Waals surface area contributed by atoms with Gasteiger partial charge in [0.25, 0.3) is 0 Å². The first kappa shape index (κ1) is 10.6. The Hall–Kier alpha value is -1.53. The molecular weight excluding hydrogens is 184 g/mol. The van der Waals surface area contributed by atoms with Crippen LogP contribution in [0.2, 0.25) is 0 Å². The molecule has 0 amide bonds. The third-order valence-corrected chi connectivity index (χ3v) is 1.71. The van der Waals surface area contributed by atoms with Gasteiger partial charge in [0.1, 0.15) is 5.70 Å². The molecule has 1 rings (SSSR count). The maximum atomic E-state index is 11.1. The Morgan fingerprint density at radius 1 is 1.50 bits per heavy atom. The molecule has 0 aromatic heterocycles. The molecule has 0 spiro atoms. The van der Waals surface area contributed by atoms with Crippen molar-refractivity contribution in [2.75, 3.05) is 21.2 Å². The monoisotopic (exact) mass is 198 g/mol. The van der Waals surface area contributed by atoms with E-state index in [4.69, 9.17) is 0 Å². The number of carbonyl (C=O) groups is 1. The molecule has 0 bridgehead atoms. The van der Waals surface area contributed by atoms with Crippen molar-refractivity contribution in [1.82, 2.24) is 20.7 Å². The molecule has 0 fully saturated rings. The van der Waals surface area contributed by atoms with E-state index in [1.807, 2.05) is 14.1 Å². The van der Waals surface area contributed by atoms with Gasteiger partial charge in [-0.1, -0.05) is 6.58 Å². The summed E-state index contributed by atoms with van der Waals surface area (Å²) in [5.41, 5.74) is 3.12. The van der Waals surface area contributed by atoms with E-state index in [1.54, 1.807) is 22.5 Å². The van der Waals surface area contributed by atoms with Crippen LogP contribution >= 0.6 is 0 Å². The number of esters is 1. The molecule has 0 aromatic carbocycles. The Morgan fingerprint density at radius 2 is 2.14 bits per heavy atom. The molecule has 1 aliphatic heterocycles. The van der Waals surface area contributed by atoms with Crippen LogP contribution in [0.15, 0.2) is 24.7 Å². The van der Waals surface area contributed by atoms with Gasteiger partial charge in [0.05, 0.1) is 13.3 Å². The molecule has 1 N–H and O–H groups in total. The smallest absolute Gasteiger partial charge is 0.355 e. The summed E-state index contributed by atoms with van der Waals surface area (Å²) in [5, 5.41) is 4.97. The number of hydrogen-bond acceptors (Lipinski definition) is 6. The van der Waals surface area contributed by atoms with Crippen LogP contribution in [-0.2, 0) is 9.53 Å². The Labute approximate surface area is 82.9 Å². The lowest BCUT2D eigenvalue weighted by atomic mass is 10.5. The summed E-state index contributed by atoms with van der Waals surface area (Å²) in [4.78, 5) is 11.1. The molecule has 0 saturated carbocycles. The highest BCUT2D eigenvalue weighted by Gasteiger charge is 2.20. The van der Waals surface area contributed by atoms with Crippen LogP contribution in [0.3, 0.4) is 0 Å². The number of methoxy groups -OCH3 is 1. The SMILES string of the molecule is C=C(C(=O)OC)N1C=CN(N(C)C)N1. The summed E-state index contributed by atoms with van der Waals surface area (Å²) < 4.78 is 4.53. The van der Waals surface area contributed by atoms with E-state index in [-0.39, 0.29) is 5.70 Å². The fraction of sp³-hybridized carbons (Fsp3) is 0.375. The van der Waals surface area contributed by atoms with Gasteiger partial charge in [-0.25, -0.2) is 14.9 Å². The van der Waals surface area contributed by atoms with E-state index in [2.05, 4.69) is 16.9 Å². The largest absolute Gasteiger partial charge is 0.464 e. The maximum absolute atomic E-state index is 11.1. The highest BCUT2D eigenvalue weighted by molar-refractivity contribution is 5.87. The third-order valence-electron chi connectivity index (χ3n) is 1.71. The fourth-order valence-electron chi connectivity index (χ4n) is 0.896. The summed E-state index contributed by atoms with van der Waals surface area (Å²) in [7, 11) is 5.04. The van der Waals surface area contributed by atoms with Crippen molar-refractivity contribution in [2.45, 2.75) is 0 Å². The fourth-order valence-corrected chi connectivity index (χ4v) is 0.896. The zero-order chi connectivity index (χ0) is 10.7. The lowest BCUT2D eigenvalue weighted by Gasteiger charge is -2.26. The van der Waals surface area contributed by atoms with Crippen molar-refractivity contribution < 1.29 is 9.53 Å². The van der Waals surface area contributed by atoms with Crippen molar-refractivity contribution >= 4 is 5.97 Å². The maximum Gasteiger partial charge on any atom is 0.355 e. The normalized spacial score (nSPS) is 15.1. The van der Waals surface area contributed by atoms with E-state index in [0.29, 0.717) is 0 Å². The van der Waals surface area contributed by atoms with Crippen molar-refractivity contribution in [1.29, 1.82) is 0 Å². The Balaban J connectivity index is 2.55. The van der Waals surface area contributed by atoms with E-state index >= 15 is 0 Å². The van der Waals surface area contributed by atoms with Crippen molar-refractivity contribution in [3.63, 3.8) is 0 Å². The van der Waals surface area contributed by atoms with Gasteiger partial charge in [-0.05, 0) is 0 Å². The molecule has 0 saturated heterocycles. The molecule has 6 nitrogen and oxygen atoms in total. The summed E-state index contributed by atoms with van der Waals surface area (Å²) in [5.74, 6) is -0.470. The van der Waals surface area contributed by atoms with E-state index in [1.165, 1.54) is 12.1 Å². The third kappa shape index (κ3) is 2.04. The molecule has 0 aromatic rings. The number of hydrogen-bond donors (Lipinski definition) is 1. The average Bonchev–Trinajstić information content (AvgIpc) is 2.64. The van der Waals surface area contributed by atoms with Crippen LogP contribution < -0.4 is 5.53 Å². The number of rotatable bonds is 3. The van der Waals surface area contributed by atoms with Gasteiger partial charge in [0.2, 0.25) is 0 Å². The Morgan fingerprint density at radius 3 is 2.57 bits per heavy atom. The van der Waals surface area contributed by atoms with Gasteiger partial charge < -0.3 is 4.74 Å². The quantitative estimate of drug-likeness (QED) is 0.494. The first-order valence-electron chi connectivity index (χ1n) is 4.04. The zero-order valence-electron chi connectivity index (χ0n) is 8.52. The second kappa shape index (κ2) is 4.12. The zero-order valence-corrected chi connectivity index (χ0v) is 8.52. The molecule has 14 heavy (non-hydrogen) atoms. The minimum atomic E-state index is -0.470. The van der Waals surface area contributed by atoms with Crippen LogP contribution in [-0.4, -0.2) is 42.3 Å². The van der Waals surface area contributed by atoms with Crippen LogP contribution in [0.1, 0.15) is 0 Å². The molecule has 1 heterocycles. The standard InChI is InChI=1S/C8H14N4O2/c1-7(8(13)14-4)11-5-6-12(9-11)10(2)3/h5-6,9H,1H2,2-4H3. The lowest BCUT2D eigenvalue weighted by molar-refractivity contribution is -0.138. The number of ether oxygens (including phenoxy) is 1. The molecular formula is C8H14N4O2. The van der Waals surface area contributed by atoms with Crippen molar-refractivity contribution in [3.8, 4) is 0 Å². The summed E-state index contributed by atoms with van der Waals surface area (Å²) in [6.45, 7) is 3.59. The van der Waals surface area contributed by atoms with Gasteiger partial charge in [-0.2, -0.15) is 0 Å². The summed E-state index contributed by atoms with van der Waals surface area (Å²) in [6, 6.07) is 0. The molecule has 0 radical (unpaired) electrons. The van der Waals surface area contributed by atoms with Crippen molar-refractivity contribution in [2.24, 2.45) is 0 Å². The highest BCUT2D eigenvalue weighted by Crippen LogP contribution is 2.08. The van der Waals surface area contributed by atoms with Crippen LogP contribution in [0, 0.1) is 0 Å². The summed E-state index contributed by atoms with van der Waals surface area (Å²) >= 11 is 0. The Bertz CT molecular complexity index is 275. The average molecular weight is 198 g/mol. The van der Waals surface area contributed by atoms with Crippen LogP contribution in [0.4, 0.5) is 0 Å². The second-order valence-electron chi connectivity index (χ2n) is 2.90. The van der Waals surface area contributed by atoms with Crippen molar-refractivity contribution in [3.05, 3.63) is 24.7 Å². The van der Waals surface area contributed by atoms with Gasteiger partial charge in [0, 0.05) is 20.3 Å². The molecule has 0 unspecified atom stereocenters. The predicted octanol–water partition coefficient (Wildman–Crippen LogP) is -0.342. The number of carbonyl (C=O) groups excluding carboxylic acids is 1. The van der Waals surface area contributed by atoms with Crippen LogP contribution in [0.25, 0.3) is 0 Å².